The Balaban J connectivity index is 1.59. The van der Waals surface area contributed by atoms with Crippen LogP contribution in [-0.4, -0.2) is 26.3 Å². The number of ether oxygens (including phenoxy) is 2. The Morgan fingerprint density at radius 1 is 0.567 bits per heavy atom. The number of carbonyl (C=O) groups excluding carboxylic acids is 2. The molecule has 6 heteroatoms. The fourth-order valence-corrected chi connectivity index (χ4v) is 2.66. The van der Waals surface area contributed by atoms with Gasteiger partial charge in [0.25, 0.3) is 0 Å². The van der Waals surface area contributed by atoms with Crippen molar-refractivity contribution in [1.29, 1.82) is 0 Å². The normalized spacial score (nSPS) is 10.3. The second-order valence-corrected chi connectivity index (χ2v) is 7.00. The lowest BCUT2D eigenvalue weighted by molar-refractivity contribution is 0.206. The first-order valence-corrected chi connectivity index (χ1v) is 9.48. The van der Waals surface area contributed by atoms with Gasteiger partial charge in [-0.15, -0.1) is 0 Å². The van der Waals surface area contributed by atoms with Crippen molar-refractivity contribution < 1.29 is 19.1 Å². The minimum absolute atomic E-state index is 0.352. The van der Waals surface area contributed by atoms with Crippen molar-refractivity contribution in [2.45, 2.75) is 13.8 Å². The minimum Gasteiger partial charge on any atom is -0.410 e. The standard InChI is InChI=1S/C24H24N2O4/c1-17-5-9-19(10-6-17)25(3)23(27)29-21-13-15-22(16-14-21)30-24(28)26(4)20-11-7-18(2)8-12-20/h5-16H,1-4H3. The van der Waals surface area contributed by atoms with Crippen LogP contribution in [0.5, 0.6) is 11.5 Å². The molecule has 0 radical (unpaired) electrons. The summed E-state index contributed by atoms with van der Waals surface area (Å²) in [7, 11) is 3.29. The van der Waals surface area contributed by atoms with E-state index < -0.39 is 12.2 Å². The molecule has 6 nitrogen and oxygen atoms in total. The molecule has 3 aromatic rings. The van der Waals surface area contributed by atoms with Crippen LogP contribution in [0.4, 0.5) is 21.0 Å². The molecule has 0 aliphatic rings. The number of hydrogen-bond donors (Lipinski definition) is 0. The molecular weight excluding hydrogens is 380 g/mol. The third-order valence-electron chi connectivity index (χ3n) is 4.62. The summed E-state index contributed by atoms with van der Waals surface area (Å²) in [5, 5.41) is 0. The van der Waals surface area contributed by atoms with Crippen LogP contribution in [0.1, 0.15) is 11.1 Å². The van der Waals surface area contributed by atoms with Crippen LogP contribution in [0.15, 0.2) is 72.8 Å². The van der Waals surface area contributed by atoms with Crippen molar-refractivity contribution in [2.24, 2.45) is 0 Å². The quantitative estimate of drug-likeness (QED) is 0.570. The maximum absolute atomic E-state index is 12.3. The molecule has 0 N–H and O–H groups in total. The molecule has 154 valence electrons. The summed E-state index contributed by atoms with van der Waals surface area (Å²) in [6.45, 7) is 3.96. The number of rotatable bonds is 4. The maximum atomic E-state index is 12.3. The average Bonchev–Trinajstić information content (AvgIpc) is 2.75. The molecule has 0 fully saturated rings. The first-order valence-electron chi connectivity index (χ1n) is 9.48. The predicted molar refractivity (Wildman–Crippen MR) is 118 cm³/mol. The van der Waals surface area contributed by atoms with E-state index in [1.54, 1.807) is 38.4 Å². The van der Waals surface area contributed by atoms with E-state index in [2.05, 4.69) is 0 Å². The van der Waals surface area contributed by atoms with E-state index in [1.807, 2.05) is 62.4 Å². The van der Waals surface area contributed by atoms with Crippen LogP contribution in [-0.2, 0) is 0 Å². The molecule has 30 heavy (non-hydrogen) atoms. The molecule has 0 spiro atoms. The van der Waals surface area contributed by atoms with Gasteiger partial charge in [0.2, 0.25) is 0 Å². The summed E-state index contributed by atoms with van der Waals surface area (Å²) in [6.07, 6.45) is -1.02. The zero-order chi connectivity index (χ0) is 21.7. The summed E-state index contributed by atoms with van der Waals surface area (Å²) < 4.78 is 10.8. The fraction of sp³-hybridized carbons (Fsp3) is 0.167. The van der Waals surface area contributed by atoms with Crippen molar-refractivity contribution in [2.75, 3.05) is 23.9 Å². The maximum Gasteiger partial charge on any atom is 0.419 e. The van der Waals surface area contributed by atoms with E-state index in [4.69, 9.17) is 9.47 Å². The molecule has 0 aliphatic heterocycles. The SMILES string of the molecule is Cc1ccc(N(C)C(=O)Oc2ccc(OC(=O)N(C)c3ccc(C)cc3)cc2)cc1. The van der Waals surface area contributed by atoms with Crippen LogP contribution in [0, 0.1) is 13.8 Å². The Morgan fingerprint density at radius 3 is 1.17 bits per heavy atom. The highest BCUT2D eigenvalue weighted by molar-refractivity contribution is 5.89. The zero-order valence-corrected chi connectivity index (χ0v) is 17.5. The Bertz CT molecular complexity index is 928. The van der Waals surface area contributed by atoms with E-state index in [9.17, 15) is 9.59 Å². The highest BCUT2D eigenvalue weighted by atomic mass is 16.6. The monoisotopic (exact) mass is 404 g/mol. The van der Waals surface area contributed by atoms with Crippen LogP contribution >= 0.6 is 0 Å². The van der Waals surface area contributed by atoms with Gasteiger partial charge < -0.3 is 9.47 Å². The van der Waals surface area contributed by atoms with Gasteiger partial charge in [-0.2, -0.15) is 0 Å². The first-order chi connectivity index (χ1) is 14.3. The molecular formula is C24H24N2O4. The van der Waals surface area contributed by atoms with Gasteiger partial charge in [-0.1, -0.05) is 35.4 Å². The van der Waals surface area contributed by atoms with Gasteiger partial charge in [0, 0.05) is 25.5 Å². The third kappa shape index (κ3) is 5.17. The molecule has 0 saturated heterocycles. The number of benzene rings is 3. The van der Waals surface area contributed by atoms with Gasteiger partial charge in [0.05, 0.1) is 0 Å². The highest BCUT2D eigenvalue weighted by Crippen LogP contribution is 2.22. The first kappa shape index (κ1) is 20.9. The van der Waals surface area contributed by atoms with Gasteiger partial charge in [0.15, 0.2) is 0 Å². The van der Waals surface area contributed by atoms with E-state index >= 15 is 0 Å². The minimum atomic E-state index is -0.511. The molecule has 3 aromatic carbocycles. The second kappa shape index (κ2) is 9.13. The molecule has 0 saturated carbocycles. The Kier molecular flexibility index (Phi) is 6.37. The van der Waals surface area contributed by atoms with Gasteiger partial charge in [0.1, 0.15) is 11.5 Å². The van der Waals surface area contributed by atoms with Gasteiger partial charge in [-0.05, 0) is 62.4 Å². The number of hydrogen-bond acceptors (Lipinski definition) is 4. The number of amides is 2. The van der Waals surface area contributed by atoms with Crippen molar-refractivity contribution in [1.82, 2.24) is 0 Å². The van der Waals surface area contributed by atoms with Crippen LogP contribution in [0.2, 0.25) is 0 Å². The van der Waals surface area contributed by atoms with Gasteiger partial charge in [-0.3, -0.25) is 9.80 Å². The van der Waals surface area contributed by atoms with E-state index in [0.29, 0.717) is 11.5 Å². The molecule has 0 heterocycles. The third-order valence-corrected chi connectivity index (χ3v) is 4.62. The van der Waals surface area contributed by atoms with E-state index in [1.165, 1.54) is 9.80 Å². The molecule has 2 amide bonds. The van der Waals surface area contributed by atoms with E-state index in [0.717, 1.165) is 22.5 Å². The lowest BCUT2D eigenvalue weighted by atomic mass is 10.2. The molecule has 0 atom stereocenters. The Hall–Kier alpha value is -3.80. The summed E-state index contributed by atoms with van der Waals surface area (Å²) in [5.74, 6) is 0.705. The van der Waals surface area contributed by atoms with E-state index in [-0.39, 0.29) is 0 Å². The van der Waals surface area contributed by atoms with Crippen molar-refractivity contribution in [3.63, 3.8) is 0 Å². The lowest BCUT2D eigenvalue weighted by Gasteiger charge is -2.18. The lowest BCUT2D eigenvalue weighted by Crippen LogP contribution is -2.29. The molecule has 0 aromatic heterocycles. The summed E-state index contributed by atoms with van der Waals surface area (Å²) in [6, 6.07) is 21.4. The predicted octanol–water partition coefficient (Wildman–Crippen LogP) is 5.57. The second-order valence-electron chi connectivity index (χ2n) is 7.00. The number of aryl methyl sites for hydroxylation is 2. The molecule has 0 aliphatic carbocycles. The van der Waals surface area contributed by atoms with Crippen LogP contribution in [0.3, 0.4) is 0 Å². The summed E-state index contributed by atoms with van der Waals surface area (Å²) >= 11 is 0. The number of anilines is 2. The topological polar surface area (TPSA) is 59.1 Å². The van der Waals surface area contributed by atoms with Crippen molar-refractivity contribution >= 4 is 23.6 Å². The smallest absolute Gasteiger partial charge is 0.410 e. The molecule has 0 unspecified atom stereocenters. The fourth-order valence-electron chi connectivity index (χ4n) is 2.66. The van der Waals surface area contributed by atoms with Gasteiger partial charge >= 0.3 is 12.2 Å². The Morgan fingerprint density at radius 2 is 0.867 bits per heavy atom. The molecule has 3 rings (SSSR count). The zero-order valence-electron chi connectivity index (χ0n) is 17.5. The van der Waals surface area contributed by atoms with Gasteiger partial charge in [-0.25, -0.2) is 9.59 Å². The average molecular weight is 404 g/mol. The summed E-state index contributed by atoms with van der Waals surface area (Å²) in [4.78, 5) is 27.5. The van der Waals surface area contributed by atoms with Crippen molar-refractivity contribution in [3.8, 4) is 11.5 Å². The Labute approximate surface area is 176 Å². The number of carbonyl (C=O) groups is 2. The number of nitrogens with zero attached hydrogens (tertiary/aromatic N) is 2. The highest BCUT2D eigenvalue weighted by Gasteiger charge is 2.15. The van der Waals surface area contributed by atoms with Crippen LogP contribution in [0.25, 0.3) is 0 Å². The largest absolute Gasteiger partial charge is 0.419 e. The summed E-state index contributed by atoms with van der Waals surface area (Å²) in [5.41, 5.74) is 3.68. The van der Waals surface area contributed by atoms with Crippen LogP contribution < -0.4 is 19.3 Å². The van der Waals surface area contributed by atoms with Crippen molar-refractivity contribution in [3.05, 3.63) is 83.9 Å². The molecule has 0 bridgehead atoms.